The van der Waals surface area contributed by atoms with Crippen LogP contribution in [0.2, 0.25) is 0 Å². The van der Waals surface area contributed by atoms with Crippen LogP contribution in [-0.4, -0.2) is 19.9 Å². The van der Waals surface area contributed by atoms with Crippen molar-refractivity contribution in [3.63, 3.8) is 0 Å². The van der Waals surface area contributed by atoms with E-state index < -0.39 is 6.10 Å². The molecule has 0 amide bonds. The molecule has 2 aromatic heterocycles. The Kier molecular flexibility index (Phi) is 3.62. The fraction of sp³-hybridized carbons (Fsp3) is 0.200. The number of rotatable bonds is 4. The maximum atomic E-state index is 10.4. The first-order valence-corrected chi connectivity index (χ1v) is 7.30. The number of aromatic nitrogens is 3. The van der Waals surface area contributed by atoms with Crippen molar-refractivity contribution in [3.05, 3.63) is 64.4 Å². The summed E-state index contributed by atoms with van der Waals surface area (Å²) in [6.45, 7) is 1.97. The Balaban J connectivity index is 1.86. The molecule has 4 nitrogen and oxygen atoms in total. The van der Waals surface area contributed by atoms with E-state index in [-0.39, 0.29) is 0 Å². The Bertz CT molecular complexity index is 690. The lowest BCUT2D eigenvalue weighted by atomic mass is 10.1. The normalized spacial score (nSPS) is 12.5. The van der Waals surface area contributed by atoms with Gasteiger partial charge in [-0.2, -0.15) is 5.10 Å². The number of hydrogen-bond acceptors (Lipinski definition) is 4. The fourth-order valence-electron chi connectivity index (χ4n) is 2.16. The van der Waals surface area contributed by atoms with Gasteiger partial charge in [-0.15, -0.1) is 11.3 Å². The third kappa shape index (κ3) is 2.64. The zero-order chi connectivity index (χ0) is 13.9. The Morgan fingerprint density at radius 2 is 2.05 bits per heavy atom. The molecular formula is C15H15N3OS. The molecule has 3 aromatic rings. The zero-order valence-electron chi connectivity index (χ0n) is 11.1. The number of aryl methyl sites for hydroxylation is 1. The highest BCUT2D eigenvalue weighted by atomic mass is 32.1. The van der Waals surface area contributed by atoms with E-state index in [4.69, 9.17) is 0 Å². The van der Waals surface area contributed by atoms with E-state index in [1.165, 1.54) is 0 Å². The largest absolute Gasteiger partial charge is 0.386 e. The van der Waals surface area contributed by atoms with Crippen molar-refractivity contribution in [1.82, 2.24) is 14.8 Å². The van der Waals surface area contributed by atoms with E-state index in [1.54, 1.807) is 22.2 Å². The second-order valence-electron chi connectivity index (χ2n) is 4.58. The van der Waals surface area contributed by atoms with Gasteiger partial charge >= 0.3 is 0 Å². The maximum Gasteiger partial charge on any atom is 0.102 e. The number of aliphatic hydroxyl groups is 1. The summed E-state index contributed by atoms with van der Waals surface area (Å²) < 4.78 is 1.77. The molecule has 5 heteroatoms. The lowest BCUT2D eigenvalue weighted by Gasteiger charge is -2.12. The second kappa shape index (κ2) is 5.56. The van der Waals surface area contributed by atoms with Crippen molar-refractivity contribution < 1.29 is 5.11 Å². The molecule has 20 heavy (non-hydrogen) atoms. The van der Waals surface area contributed by atoms with Gasteiger partial charge in [0.05, 0.1) is 22.1 Å². The second-order valence-corrected chi connectivity index (χ2v) is 5.64. The van der Waals surface area contributed by atoms with E-state index >= 15 is 0 Å². The van der Waals surface area contributed by atoms with Crippen LogP contribution in [0.3, 0.4) is 0 Å². The number of nitrogens with zero attached hydrogens (tertiary/aromatic N) is 3. The summed E-state index contributed by atoms with van der Waals surface area (Å²) in [6, 6.07) is 11.7. The van der Waals surface area contributed by atoms with Crippen molar-refractivity contribution in [2.24, 2.45) is 0 Å². The van der Waals surface area contributed by atoms with Crippen LogP contribution in [0.25, 0.3) is 5.69 Å². The van der Waals surface area contributed by atoms with Crippen LogP contribution in [0.5, 0.6) is 0 Å². The van der Waals surface area contributed by atoms with Crippen LogP contribution in [0, 0.1) is 6.92 Å². The van der Waals surface area contributed by atoms with Gasteiger partial charge in [-0.25, -0.2) is 9.67 Å². The van der Waals surface area contributed by atoms with Gasteiger partial charge in [0.15, 0.2) is 0 Å². The number of para-hydroxylation sites is 1. The molecule has 1 atom stereocenters. The van der Waals surface area contributed by atoms with Crippen molar-refractivity contribution in [1.29, 1.82) is 0 Å². The topological polar surface area (TPSA) is 50.9 Å². The fourth-order valence-corrected chi connectivity index (χ4v) is 2.78. The standard InChI is InChI=1S/C15H15N3OS/c1-11-17-12(10-20-11)9-15(19)14-7-8-16-18(14)13-5-3-2-4-6-13/h2-8,10,15,19H,9H2,1H3. The summed E-state index contributed by atoms with van der Waals surface area (Å²) >= 11 is 1.60. The molecule has 0 bridgehead atoms. The molecule has 0 aliphatic rings. The van der Waals surface area contributed by atoms with Crippen LogP contribution < -0.4 is 0 Å². The van der Waals surface area contributed by atoms with E-state index in [9.17, 15) is 5.11 Å². The first kappa shape index (κ1) is 13.0. The Hall–Kier alpha value is -1.98. The molecular weight excluding hydrogens is 270 g/mol. The summed E-state index contributed by atoms with van der Waals surface area (Å²) in [6.07, 6.45) is 1.60. The highest BCUT2D eigenvalue weighted by Gasteiger charge is 2.16. The summed E-state index contributed by atoms with van der Waals surface area (Å²) in [4.78, 5) is 4.39. The Morgan fingerprint density at radius 1 is 1.25 bits per heavy atom. The summed E-state index contributed by atoms with van der Waals surface area (Å²) in [5, 5.41) is 17.7. The summed E-state index contributed by atoms with van der Waals surface area (Å²) in [7, 11) is 0. The molecule has 0 radical (unpaired) electrons. The minimum Gasteiger partial charge on any atom is -0.386 e. The third-order valence-electron chi connectivity index (χ3n) is 3.08. The van der Waals surface area contributed by atoms with Crippen LogP contribution in [0.4, 0.5) is 0 Å². The molecule has 0 saturated carbocycles. The Labute approximate surface area is 121 Å². The van der Waals surface area contributed by atoms with Gasteiger partial charge in [0.1, 0.15) is 6.10 Å². The van der Waals surface area contributed by atoms with Gasteiger partial charge in [-0.3, -0.25) is 0 Å². The molecule has 1 unspecified atom stereocenters. The predicted octanol–water partition coefficient (Wildman–Crippen LogP) is 2.91. The molecule has 0 saturated heterocycles. The highest BCUT2D eigenvalue weighted by Crippen LogP contribution is 2.21. The Morgan fingerprint density at radius 3 is 2.75 bits per heavy atom. The zero-order valence-corrected chi connectivity index (χ0v) is 11.9. The van der Waals surface area contributed by atoms with Gasteiger partial charge in [0, 0.05) is 18.0 Å². The molecule has 1 aromatic carbocycles. The predicted molar refractivity (Wildman–Crippen MR) is 79.1 cm³/mol. The van der Waals surface area contributed by atoms with E-state index in [0.29, 0.717) is 6.42 Å². The van der Waals surface area contributed by atoms with Crippen LogP contribution in [0.1, 0.15) is 22.5 Å². The molecule has 102 valence electrons. The average Bonchev–Trinajstić information content (AvgIpc) is 3.09. The SMILES string of the molecule is Cc1nc(CC(O)c2ccnn2-c2ccccc2)cs1. The first-order chi connectivity index (χ1) is 9.74. The number of thiazole rings is 1. The molecule has 0 spiro atoms. The molecule has 2 heterocycles. The minimum absolute atomic E-state index is 0.503. The lowest BCUT2D eigenvalue weighted by Crippen LogP contribution is -2.09. The van der Waals surface area contributed by atoms with E-state index in [1.807, 2.05) is 48.7 Å². The van der Waals surface area contributed by atoms with E-state index in [0.717, 1.165) is 22.1 Å². The molecule has 0 aliphatic heterocycles. The molecule has 3 rings (SSSR count). The van der Waals surface area contributed by atoms with Gasteiger partial charge < -0.3 is 5.11 Å². The number of hydrogen-bond donors (Lipinski definition) is 1. The maximum absolute atomic E-state index is 10.4. The summed E-state index contributed by atoms with van der Waals surface area (Å²) in [5.74, 6) is 0. The van der Waals surface area contributed by atoms with Gasteiger partial charge in [-0.1, -0.05) is 18.2 Å². The van der Waals surface area contributed by atoms with Crippen LogP contribution in [-0.2, 0) is 6.42 Å². The van der Waals surface area contributed by atoms with Gasteiger partial charge in [-0.05, 0) is 25.1 Å². The highest BCUT2D eigenvalue weighted by molar-refractivity contribution is 7.09. The minimum atomic E-state index is -0.612. The van der Waals surface area contributed by atoms with Crippen molar-refractivity contribution in [3.8, 4) is 5.69 Å². The average molecular weight is 285 g/mol. The third-order valence-corrected chi connectivity index (χ3v) is 3.91. The van der Waals surface area contributed by atoms with Crippen molar-refractivity contribution >= 4 is 11.3 Å². The van der Waals surface area contributed by atoms with Gasteiger partial charge in [0.2, 0.25) is 0 Å². The lowest BCUT2D eigenvalue weighted by molar-refractivity contribution is 0.169. The molecule has 0 aliphatic carbocycles. The summed E-state index contributed by atoms with van der Waals surface area (Å²) in [5.41, 5.74) is 2.64. The monoisotopic (exact) mass is 285 g/mol. The van der Waals surface area contributed by atoms with Gasteiger partial charge in [0.25, 0.3) is 0 Å². The van der Waals surface area contributed by atoms with Crippen LogP contribution in [0.15, 0.2) is 48.0 Å². The quantitative estimate of drug-likeness (QED) is 0.802. The van der Waals surface area contributed by atoms with E-state index in [2.05, 4.69) is 10.1 Å². The van der Waals surface area contributed by atoms with Crippen LogP contribution >= 0.6 is 11.3 Å². The first-order valence-electron chi connectivity index (χ1n) is 6.42. The van der Waals surface area contributed by atoms with Crippen molar-refractivity contribution in [2.75, 3.05) is 0 Å². The number of benzene rings is 1. The molecule has 0 fully saturated rings. The smallest absolute Gasteiger partial charge is 0.102 e. The van der Waals surface area contributed by atoms with Crippen molar-refractivity contribution in [2.45, 2.75) is 19.4 Å². The molecule has 1 N–H and O–H groups in total. The number of aliphatic hydroxyl groups excluding tert-OH is 1.